The molecule has 1 N–H and O–H groups in total. The van der Waals surface area contributed by atoms with E-state index in [9.17, 15) is 22.8 Å². The molecule has 35 heavy (non-hydrogen) atoms. The number of sulfonamides is 1. The predicted molar refractivity (Wildman–Crippen MR) is 138 cm³/mol. The Morgan fingerprint density at radius 2 is 1.71 bits per heavy atom. The van der Waals surface area contributed by atoms with Crippen LogP contribution >= 0.6 is 11.6 Å². The molecule has 8 nitrogen and oxygen atoms in total. The maximum absolute atomic E-state index is 13.5. The fraction of sp³-hybridized carbons (Fsp3) is 0.400. The molecule has 190 valence electrons. The molecule has 0 aliphatic carbocycles. The summed E-state index contributed by atoms with van der Waals surface area (Å²) in [6.07, 6.45) is 1.70. The lowest BCUT2D eigenvalue weighted by atomic mass is 10.1. The molecule has 0 radical (unpaired) electrons. The van der Waals surface area contributed by atoms with Gasteiger partial charge in [-0.2, -0.15) is 0 Å². The number of carbonyl (C=O) groups excluding carboxylic acids is 3. The monoisotopic (exact) mass is 521 g/mol. The molecule has 0 aliphatic heterocycles. The number of nitrogens with zero attached hydrogens (tertiary/aromatic N) is 2. The molecule has 10 heteroatoms. The van der Waals surface area contributed by atoms with Gasteiger partial charge in [0.25, 0.3) is 0 Å². The molecule has 0 bridgehead atoms. The van der Waals surface area contributed by atoms with E-state index in [1.807, 2.05) is 13.8 Å². The highest BCUT2D eigenvalue weighted by atomic mass is 35.5. The summed E-state index contributed by atoms with van der Waals surface area (Å²) in [5, 5.41) is 3.35. The van der Waals surface area contributed by atoms with Gasteiger partial charge in [0.1, 0.15) is 12.6 Å². The molecule has 0 fully saturated rings. The Balaban J connectivity index is 2.43. The van der Waals surface area contributed by atoms with Crippen molar-refractivity contribution in [3.63, 3.8) is 0 Å². The van der Waals surface area contributed by atoms with E-state index in [0.29, 0.717) is 16.1 Å². The van der Waals surface area contributed by atoms with Crippen molar-refractivity contribution in [3.8, 4) is 0 Å². The minimum atomic E-state index is -3.88. The van der Waals surface area contributed by atoms with Gasteiger partial charge in [-0.15, -0.1) is 0 Å². The number of carbonyl (C=O) groups is 3. The molecule has 0 unspecified atom stereocenters. The molecular formula is C25H32ClN3O5S. The lowest BCUT2D eigenvalue weighted by Crippen LogP contribution is -2.52. The molecule has 0 saturated carbocycles. The third kappa shape index (κ3) is 8.07. The van der Waals surface area contributed by atoms with Crippen LogP contribution in [0.2, 0.25) is 5.02 Å². The summed E-state index contributed by atoms with van der Waals surface area (Å²) in [6.45, 7) is 6.28. The van der Waals surface area contributed by atoms with Gasteiger partial charge in [0.2, 0.25) is 21.8 Å². The van der Waals surface area contributed by atoms with Gasteiger partial charge in [-0.3, -0.25) is 18.7 Å². The van der Waals surface area contributed by atoms with Crippen LogP contribution in [-0.4, -0.2) is 55.8 Å². The number of hydrogen-bond donors (Lipinski definition) is 1. The Kier molecular flexibility index (Phi) is 9.85. The van der Waals surface area contributed by atoms with Crippen molar-refractivity contribution in [3.05, 3.63) is 64.7 Å². The number of hydrogen-bond acceptors (Lipinski definition) is 5. The molecule has 0 aromatic heterocycles. The van der Waals surface area contributed by atoms with Crippen molar-refractivity contribution in [1.82, 2.24) is 10.2 Å². The first-order valence-electron chi connectivity index (χ1n) is 11.3. The average molecular weight is 522 g/mol. The van der Waals surface area contributed by atoms with Gasteiger partial charge in [0.15, 0.2) is 5.78 Å². The summed E-state index contributed by atoms with van der Waals surface area (Å²) in [5.74, 6) is -1.15. The van der Waals surface area contributed by atoms with E-state index in [0.717, 1.165) is 17.0 Å². The van der Waals surface area contributed by atoms with Crippen LogP contribution in [0.5, 0.6) is 0 Å². The SMILES string of the molecule is CC[C@@H](C)NC(=O)[C@@H](C)N(Cc1cccc(Cl)c1)C(=O)CN(c1cccc(C(C)=O)c1)S(C)(=O)=O. The number of ketones is 1. The molecule has 0 saturated heterocycles. The maximum Gasteiger partial charge on any atom is 0.244 e. The number of Topliss-reactive ketones (excluding diaryl/α,β-unsaturated/α-hetero) is 1. The molecule has 2 amide bonds. The van der Waals surface area contributed by atoms with E-state index in [4.69, 9.17) is 11.6 Å². The van der Waals surface area contributed by atoms with Gasteiger partial charge in [0, 0.05) is 23.2 Å². The second kappa shape index (κ2) is 12.2. The van der Waals surface area contributed by atoms with Crippen molar-refractivity contribution >= 4 is 44.9 Å². The third-order valence-corrected chi connectivity index (χ3v) is 7.01. The van der Waals surface area contributed by atoms with Crippen LogP contribution in [0.1, 0.15) is 50.0 Å². The van der Waals surface area contributed by atoms with Gasteiger partial charge in [-0.05, 0) is 57.0 Å². The fourth-order valence-corrected chi connectivity index (χ4v) is 4.43. The Morgan fingerprint density at radius 1 is 1.06 bits per heavy atom. The minimum absolute atomic E-state index is 0.0551. The number of anilines is 1. The molecule has 2 atom stereocenters. The van der Waals surface area contributed by atoms with Crippen molar-refractivity contribution < 1.29 is 22.8 Å². The van der Waals surface area contributed by atoms with Gasteiger partial charge >= 0.3 is 0 Å². The first-order chi connectivity index (χ1) is 16.3. The highest BCUT2D eigenvalue weighted by Gasteiger charge is 2.30. The largest absolute Gasteiger partial charge is 0.352 e. The van der Waals surface area contributed by atoms with E-state index in [1.54, 1.807) is 43.3 Å². The summed E-state index contributed by atoms with van der Waals surface area (Å²) in [4.78, 5) is 39.5. The Labute approximate surface area is 212 Å². The summed E-state index contributed by atoms with van der Waals surface area (Å²) in [6, 6.07) is 12.0. The van der Waals surface area contributed by atoms with E-state index >= 15 is 0 Å². The summed E-state index contributed by atoms with van der Waals surface area (Å²) in [7, 11) is -3.88. The van der Waals surface area contributed by atoms with Crippen molar-refractivity contribution in [2.75, 3.05) is 17.1 Å². The first kappa shape index (κ1) is 28.3. The van der Waals surface area contributed by atoms with Gasteiger partial charge in [0.05, 0.1) is 11.9 Å². The smallest absolute Gasteiger partial charge is 0.244 e. The Hall–Kier alpha value is -2.91. The van der Waals surface area contributed by atoms with E-state index < -0.39 is 28.5 Å². The van der Waals surface area contributed by atoms with Gasteiger partial charge < -0.3 is 10.2 Å². The number of halogens is 1. The van der Waals surface area contributed by atoms with Crippen molar-refractivity contribution in [2.45, 2.75) is 52.7 Å². The molecule has 2 aromatic rings. The zero-order valence-electron chi connectivity index (χ0n) is 20.6. The molecule has 0 heterocycles. The lowest BCUT2D eigenvalue weighted by Gasteiger charge is -2.32. The summed E-state index contributed by atoms with van der Waals surface area (Å²) in [5.41, 5.74) is 1.20. The van der Waals surface area contributed by atoms with Crippen molar-refractivity contribution in [1.29, 1.82) is 0 Å². The summed E-state index contributed by atoms with van der Waals surface area (Å²) < 4.78 is 26.2. The van der Waals surface area contributed by atoms with Crippen LogP contribution in [-0.2, 0) is 26.2 Å². The zero-order valence-corrected chi connectivity index (χ0v) is 22.2. The quantitative estimate of drug-likeness (QED) is 0.455. The molecule has 0 spiro atoms. The summed E-state index contributed by atoms with van der Waals surface area (Å²) >= 11 is 6.10. The van der Waals surface area contributed by atoms with Crippen LogP contribution in [0.25, 0.3) is 0 Å². The van der Waals surface area contributed by atoms with Crippen LogP contribution < -0.4 is 9.62 Å². The molecule has 2 rings (SSSR count). The average Bonchev–Trinajstić information content (AvgIpc) is 2.79. The van der Waals surface area contributed by atoms with Gasteiger partial charge in [-0.1, -0.05) is 42.8 Å². The van der Waals surface area contributed by atoms with E-state index in [1.165, 1.54) is 24.0 Å². The fourth-order valence-electron chi connectivity index (χ4n) is 3.37. The second-order valence-corrected chi connectivity index (χ2v) is 10.9. The second-order valence-electron chi connectivity index (χ2n) is 8.52. The topological polar surface area (TPSA) is 104 Å². The number of amides is 2. The number of benzene rings is 2. The minimum Gasteiger partial charge on any atom is -0.352 e. The highest BCUT2D eigenvalue weighted by molar-refractivity contribution is 7.92. The zero-order chi connectivity index (χ0) is 26.3. The molecule has 0 aliphatic rings. The number of nitrogens with one attached hydrogen (secondary N) is 1. The molecular weight excluding hydrogens is 490 g/mol. The Morgan fingerprint density at radius 3 is 2.29 bits per heavy atom. The predicted octanol–water partition coefficient (Wildman–Crippen LogP) is 3.64. The Bertz CT molecular complexity index is 1190. The van der Waals surface area contributed by atoms with E-state index in [2.05, 4.69) is 5.32 Å². The highest BCUT2D eigenvalue weighted by Crippen LogP contribution is 2.21. The van der Waals surface area contributed by atoms with Crippen LogP contribution in [0.15, 0.2) is 48.5 Å². The standard InChI is InChI=1S/C25H32ClN3O5S/c1-6-17(2)27-25(32)18(3)28(15-20-9-7-11-22(26)13-20)24(31)16-29(35(5,33)34)23-12-8-10-21(14-23)19(4)30/h7-14,17-18H,6,15-16H2,1-5H3,(H,27,32)/t17-,18-/m1/s1. The maximum atomic E-state index is 13.5. The van der Waals surface area contributed by atoms with Crippen LogP contribution in [0, 0.1) is 0 Å². The van der Waals surface area contributed by atoms with Crippen LogP contribution in [0.3, 0.4) is 0 Å². The molecule has 2 aromatic carbocycles. The van der Waals surface area contributed by atoms with Crippen molar-refractivity contribution in [2.24, 2.45) is 0 Å². The van der Waals surface area contributed by atoms with E-state index in [-0.39, 0.29) is 30.0 Å². The normalized spacial score (nSPS) is 13.0. The lowest BCUT2D eigenvalue weighted by molar-refractivity contribution is -0.139. The third-order valence-electron chi connectivity index (χ3n) is 5.63. The van der Waals surface area contributed by atoms with Gasteiger partial charge in [-0.25, -0.2) is 8.42 Å². The number of rotatable bonds is 11. The first-order valence-corrected chi connectivity index (χ1v) is 13.5. The van der Waals surface area contributed by atoms with Crippen LogP contribution in [0.4, 0.5) is 5.69 Å².